The largest absolute Gasteiger partial charge is 0.396 e. The monoisotopic (exact) mass is 306 g/mol. The number of hydrogen-bond donors (Lipinski definition) is 3. The summed E-state index contributed by atoms with van der Waals surface area (Å²) in [6.45, 7) is 5.76. The third-order valence-electron chi connectivity index (χ3n) is 3.59. The van der Waals surface area contributed by atoms with E-state index in [9.17, 15) is 9.59 Å². The number of aliphatic hydroxyl groups excluding tert-OH is 1. The first-order valence-electron chi connectivity index (χ1n) is 7.76. The number of aliphatic hydroxyl groups is 1. The molecule has 122 valence electrons. The lowest BCUT2D eigenvalue weighted by Crippen LogP contribution is -2.52. The molecule has 0 aliphatic rings. The van der Waals surface area contributed by atoms with Gasteiger partial charge < -0.3 is 15.7 Å². The molecule has 5 heteroatoms. The Balaban J connectivity index is 2.72. The zero-order chi connectivity index (χ0) is 16.5. The number of hydrogen-bond acceptors (Lipinski definition) is 3. The molecule has 1 aromatic rings. The van der Waals surface area contributed by atoms with Gasteiger partial charge in [-0.25, -0.2) is 0 Å². The van der Waals surface area contributed by atoms with Crippen molar-refractivity contribution in [2.75, 3.05) is 6.61 Å². The highest BCUT2D eigenvalue weighted by atomic mass is 16.3. The van der Waals surface area contributed by atoms with Crippen molar-refractivity contribution in [1.29, 1.82) is 0 Å². The molecule has 1 rings (SSSR count). The minimum absolute atomic E-state index is 0.0284. The van der Waals surface area contributed by atoms with Crippen LogP contribution >= 0.6 is 0 Å². The van der Waals surface area contributed by atoms with Gasteiger partial charge in [0.15, 0.2) is 0 Å². The fourth-order valence-electron chi connectivity index (χ4n) is 2.17. The maximum Gasteiger partial charge on any atom is 0.251 e. The Bertz CT molecular complexity index is 474. The fraction of sp³-hybridized carbons (Fsp3) is 0.529. The van der Waals surface area contributed by atoms with Crippen molar-refractivity contribution in [1.82, 2.24) is 10.6 Å². The molecule has 22 heavy (non-hydrogen) atoms. The average molecular weight is 306 g/mol. The highest BCUT2D eigenvalue weighted by Gasteiger charge is 2.26. The number of carbonyl (C=O) groups excluding carboxylic acids is 2. The fourth-order valence-corrected chi connectivity index (χ4v) is 2.17. The summed E-state index contributed by atoms with van der Waals surface area (Å²) in [6.07, 6.45) is 1.25. The molecule has 0 fully saturated rings. The normalized spacial score (nSPS) is 13.5. The van der Waals surface area contributed by atoms with Crippen LogP contribution in [0, 0.1) is 5.92 Å². The summed E-state index contributed by atoms with van der Waals surface area (Å²) in [4.78, 5) is 24.6. The molecule has 0 radical (unpaired) electrons. The van der Waals surface area contributed by atoms with Crippen molar-refractivity contribution < 1.29 is 14.7 Å². The minimum atomic E-state index is -0.597. The third kappa shape index (κ3) is 5.48. The number of amides is 2. The van der Waals surface area contributed by atoms with Gasteiger partial charge in [-0.05, 0) is 30.9 Å². The zero-order valence-corrected chi connectivity index (χ0v) is 13.5. The maximum absolute atomic E-state index is 12.4. The van der Waals surface area contributed by atoms with Crippen molar-refractivity contribution in [2.45, 2.75) is 45.7 Å². The van der Waals surface area contributed by atoms with Gasteiger partial charge >= 0.3 is 0 Å². The van der Waals surface area contributed by atoms with Crippen LogP contribution in [0.1, 0.15) is 44.0 Å². The first kappa shape index (κ1) is 18.2. The Kier molecular flexibility index (Phi) is 7.60. The lowest BCUT2D eigenvalue weighted by molar-refractivity contribution is -0.124. The van der Waals surface area contributed by atoms with Crippen LogP contribution in [0.5, 0.6) is 0 Å². The molecule has 2 unspecified atom stereocenters. The van der Waals surface area contributed by atoms with Crippen LogP contribution < -0.4 is 10.6 Å². The van der Waals surface area contributed by atoms with Crippen LogP contribution in [0.15, 0.2) is 30.3 Å². The van der Waals surface area contributed by atoms with E-state index < -0.39 is 6.04 Å². The molecule has 0 saturated carbocycles. The second-order valence-corrected chi connectivity index (χ2v) is 5.69. The highest BCUT2D eigenvalue weighted by molar-refractivity contribution is 5.97. The Hall–Kier alpha value is -1.88. The lowest BCUT2D eigenvalue weighted by Gasteiger charge is -2.25. The summed E-state index contributed by atoms with van der Waals surface area (Å²) in [6, 6.07) is 8.16. The smallest absolute Gasteiger partial charge is 0.251 e. The van der Waals surface area contributed by atoms with Crippen LogP contribution in [0.25, 0.3) is 0 Å². The second-order valence-electron chi connectivity index (χ2n) is 5.69. The van der Waals surface area contributed by atoms with Crippen molar-refractivity contribution in [3.63, 3.8) is 0 Å². The summed E-state index contributed by atoms with van der Waals surface area (Å²) < 4.78 is 0. The minimum Gasteiger partial charge on any atom is -0.396 e. The molecule has 1 aromatic carbocycles. The molecule has 0 bridgehead atoms. The molecule has 0 aliphatic heterocycles. The van der Waals surface area contributed by atoms with Gasteiger partial charge in [-0.2, -0.15) is 0 Å². The predicted octanol–water partition coefficient (Wildman–Crippen LogP) is 1.72. The van der Waals surface area contributed by atoms with E-state index in [0.717, 1.165) is 6.42 Å². The molecule has 2 atom stereocenters. The van der Waals surface area contributed by atoms with E-state index in [2.05, 4.69) is 10.6 Å². The van der Waals surface area contributed by atoms with Gasteiger partial charge in [0.25, 0.3) is 5.91 Å². The van der Waals surface area contributed by atoms with Gasteiger partial charge in [-0.3, -0.25) is 9.59 Å². The number of benzene rings is 1. The van der Waals surface area contributed by atoms with E-state index in [1.165, 1.54) is 0 Å². The quantitative estimate of drug-likeness (QED) is 0.684. The topological polar surface area (TPSA) is 78.4 Å². The molecule has 0 saturated heterocycles. The van der Waals surface area contributed by atoms with E-state index >= 15 is 0 Å². The van der Waals surface area contributed by atoms with Gasteiger partial charge in [0.05, 0.1) is 0 Å². The molecule has 0 aliphatic carbocycles. The van der Waals surface area contributed by atoms with Crippen LogP contribution in [-0.4, -0.2) is 35.6 Å². The van der Waals surface area contributed by atoms with Gasteiger partial charge in [-0.15, -0.1) is 0 Å². The number of rotatable bonds is 8. The van der Waals surface area contributed by atoms with Crippen molar-refractivity contribution in [2.24, 2.45) is 5.92 Å². The molecular formula is C17H26N2O3. The van der Waals surface area contributed by atoms with Gasteiger partial charge in [0.1, 0.15) is 6.04 Å². The SMILES string of the molecule is CCC(CCO)NC(=O)C(NC(=O)c1ccccc1)C(C)C. The van der Waals surface area contributed by atoms with Gasteiger partial charge in [0, 0.05) is 18.2 Å². The van der Waals surface area contributed by atoms with Crippen molar-refractivity contribution in [3.8, 4) is 0 Å². The highest BCUT2D eigenvalue weighted by Crippen LogP contribution is 2.07. The molecule has 2 amide bonds. The molecule has 0 aromatic heterocycles. The molecular weight excluding hydrogens is 280 g/mol. The molecule has 5 nitrogen and oxygen atoms in total. The maximum atomic E-state index is 12.4. The van der Waals surface area contributed by atoms with Crippen LogP contribution in [-0.2, 0) is 4.79 Å². The first-order valence-corrected chi connectivity index (χ1v) is 7.76. The predicted molar refractivity (Wildman–Crippen MR) is 86.5 cm³/mol. The van der Waals surface area contributed by atoms with Crippen LogP contribution in [0.3, 0.4) is 0 Å². The van der Waals surface area contributed by atoms with E-state index in [-0.39, 0.29) is 30.4 Å². The van der Waals surface area contributed by atoms with Gasteiger partial charge in [0.2, 0.25) is 5.91 Å². The first-order chi connectivity index (χ1) is 10.5. The van der Waals surface area contributed by atoms with E-state index in [0.29, 0.717) is 12.0 Å². The second kappa shape index (κ2) is 9.20. The standard InChI is InChI=1S/C17H26N2O3/c1-4-14(10-11-20)18-17(22)15(12(2)3)19-16(21)13-8-6-5-7-9-13/h5-9,12,14-15,20H,4,10-11H2,1-3H3,(H,18,22)(H,19,21). The van der Waals surface area contributed by atoms with Crippen molar-refractivity contribution >= 4 is 11.8 Å². The summed E-state index contributed by atoms with van der Waals surface area (Å²) >= 11 is 0. The Labute approximate surface area is 132 Å². The molecule has 0 spiro atoms. The molecule has 3 N–H and O–H groups in total. The zero-order valence-electron chi connectivity index (χ0n) is 13.5. The summed E-state index contributed by atoms with van der Waals surface area (Å²) in [5.41, 5.74) is 0.531. The van der Waals surface area contributed by atoms with E-state index in [1.54, 1.807) is 24.3 Å². The van der Waals surface area contributed by atoms with Gasteiger partial charge in [-0.1, -0.05) is 39.0 Å². The number of nitrogens with one attached hydrogen (secondary N) is 2. The lowest BCUT2D eigenvalue weighted by atomic mass is 10.0. The van der Waals surface area contributed by atoms with Crippen molar-refractivity contribution in [3.05, 3.63) is 35.9 Å². The van der Waals surface area contributed by atoms with E-state index in [4.69, 9.17) is 5.11 Å². The van der Waals surface area contributed by atoms with Crippen LogP contribution in [0.4, 0.5) is 0 Å². The third-order valence-corrected chi connectivity index (χ3v) is 3.59. The summed E-state index contributed by atoms with van der Waals surface area (Å²) in [5, 5.41) is 14.7. The summed E-state index contributed by atoms with van der Waals surface area (Å²) in [7, 11) is 0. The summed E-state index contributed by atoms with van der Waals surface area (Å²) in [5.74, 6) is -0.497. The Morgan fingerprint density at radius 3 is 2.27 bits per heavy atom. The average Bonchev–Trinajstić information content (AvgIpc) is 2.52. The Morgan fingerprint density at radius 2 is 1.77 bits per heavy atom. The number of carbonyl (C=O) groups is 2. The Morgan fingerprint density at radius 1 is 1.14 bits per heavy atom. The molecule has 0 heterocycles. The van der Waals surface area contributed by atoms with Crippen LogP contribution in [0.2, 0.25) is 0 Å². The van der Waals surface area contributed by atoms with E-state index in [1.807, 2.05) is 26.8 Å².